The maximum atomic E-state index is 12.0. The minimum atomic E-state index is -0.715. The molecule has 2 rings (SSSR count). The van der Waals surface area contributed by atoms with Crippen LogP contribution in [0.5, 0.6) is 0 Å². The van der Waals surface area contributed by atoms with Gasteiger partial charge in [0.2, 0.25) is 0 Å². The first-order chi connectivity index (χ1) is 10.8. The third kappa shape index (κ3) is 4.03. The average molecular weight is 356 g/mol. The maximum absolute atomic E-state index is 12.0. The second-order valence-corrected chi connectivity index (χ2v) is 5.76. The maximum Gasteiger partial charge on any atom is 0.340 e. The second-order valence-electron chi connectivity index (χ2n) is 4.92. The van der Waals surface area contributed by atoms with Gasteiger partial charge in [0.25, 0.3) is 5.91 Å². The summed E-state index contributed by atoms with van der Waals surface area (Å²) in [5, 5.41) is 7.42. The molecule has 2 aromatic rings. The lowest BCUT2D eigenvalue weighted by Crippen LogP contribution is -2.21. The van der Waals surface area contributed by atoms with Gasteiger partial charge >= 0.3 is 5.97 Å². The number of anilines is 1. The molecule has 0 atom stereocenters. The van der Waals surface area contributed by atoms with Crippen LogP contribution in [-0.2, 0) is 16.6 Å². The summed E-state index contributed by atoms with van der Waals surface area (Å²) in [5.74, 6) is -1.18. The molecule has 0 radical (unpaired) electrons. The number of aromatic nitrogens is 2. The van der Waals surface area contributed by atoms with Crippen molar-refractivity contribution >= 4 is 40.8 Å². The van der Waals surface area contributed by atoms with Crippen LogP contribution >= 0.6 is 23.2 Å². The van der Waals surface area contributed by atoms with Gasteiger partial charge in [0.15, 0.2) is 6.61 Å². The van der Waals surface area contributed by atoms with E-state index in [1.165, 1.54) is 12.1 Å². The van der Waals surface area contributed by atoms with Gasteiger partial charge in [-0.15, -0.1) is 0 Å². The average Bonchev–Trinajstić information content (AvgIpc) is 2.73. The monoisotopic (exact) mass is 355 g/mol. The van der Waals surface area contributed by atoms with Crippen LogP contribution in [0, 0.1) is 13.8 Å². The molecule has 1 heterocycles. The fourth-order valence-corrected chi connectivity index (χ4v) is 2.36. The van der Waals surface area contributed by atoms with Crippen molar-refractivity contribution in [1.29, 1.82) is 0 Å². The summed E-state index contributed by atoms with van der Waals surface area (Å²) in [6, 6.07) is 4.43. The third-order valence-corrected chi connectivity index (χ3v) is 3.82. The molecule has 1 N–H and O–H groups in total. The molecule has 1 amide bonds. The highest BCUT2D eigenvalue weighted by Crippen LogP contribution is 2.21. The van der Waals surface area contributed by atoms with Gasteiger partial charge in [-0.2, -0.15) is 5.10 Å². The fraction of sp³-hybridized carbons (Fsp3) is 0.267. The quantitative estimate of drug-likeness (QED) is 0.855. The Morgan fingerprint density at radius 3 is 2.61 bits per heavy atom. The number of carbonyl (C=O) groups is 2. The molecule has 122 valence electrons. The van der Waals surface area contributed by atoms with Crippen molar-refractivity contribution in [1.82, 2.24) is 9.78 Å². The van der Waals surface area contributed by atoms with E-state index in [1.54, 1.807) is 24.7 Å². The molecule has 0 bridgehead atoms. The Labute approximate surface area is 143 Å². The summed E-state index contributed by atoms with van der Waals surface area (Å²) in [5.41, 5.74) is 2.21. The minimum absolute atomic E-state index is 0.112. The number of esters is 1. The zero-order chi connectivity index (χ0) is 17.1. The number of hydrogen-bond acceptors (Lipinski definition) is 4. The van der Waals surface area contributed by atoms with Crippen LogP contribution in [0.2, 0.25) is 10.0 Å². The molecule has 8 heteroatoms. The lowest BCUT2D eigenvalue weighted by atomic mass is 10.2. The van der Waals surface area contributed by atoms with E-state index < -0.39 is 18.5 Å². The number of nitrogens with zero attached hydrogens (tertiary/aromatic N) is 2. The topological polar surface area (TPSA) is 73.2 Å². The minimum Gasteiger partial charge on any atom is -0.452 e. The lowest BCUT2D eigenvalue weighted by molar-refractivity contribution is -0.119. The predicted octanol–water partition coefficient (Wildman–Crippen LogP) is 3.14. The number of halogens is 2. The van der Waals surface area contributed by atoms with E-state index in [1.807, 2.05) is 6.92 Å². The number of ether oxygens (including phenoxy) is 1. The number of amides is 1. The van der Waals surface area contributed by atoms with Crippen LogP contribution in [0.3, 0.4) is 0 Å². The first-order valence-corrected chi connectivity index (χ1v) is 7.47. The first kappa shape index (κ1) is 17.3. The van der Waals surface area contributed by atoms with E-state index in [-0.39, 0.29) is 10.6 Å². The van der Waals surface area contributed by atoms with Gasteiger partial charge < -0.3 is 10.1 Å². The van der Waals surface area contributed by atoms with Crippen LogP contribution in [-0.4, -0.2) is 28.3 Å². The highest BCUT2D eigenvalue weighted by atomic mass is 35.5. The molecule has 0 aliphatic heterocycles. The van der Waals surface area contributed by atoms with Crippen molar-refractivity contribution in [3.63, 3.8) is 0 Å². The van der Waals surface area contributed by atoms with E-state index in [2.05, 4.69) is 10.4 Å². The van der Waals surface area contributed by atoms with Crippen LogP contribution in [0.4, 0.5) is 5.69 Å². The smallest absolute Gasteiger partial charge is 0.340 e. The molecule has 23 heavy (non-hydrogen) atoms. The lowest BCUT2D eigenvalue weighted by Gasteiger charge is -2.08. The molecular weight excluding hydrogens is 341 g/mol. The summed E-state index contributed by atoms with van der Waals surface area (Å²) in [6.45, 7) is 3.17. The highest BCUT2D eigenvalue weighted by molar-refractivity contribution is 6.35. The Bertz CT molecular complexity index is 772. The van der Waals surface area contributed by atoms with Crippen LogP contribution in [0.15, 0.2) is 18.2 Å². The number of rotatable bonds is 4. The highest BCUT2D eigenvalue weighted by Gasteiger charge is 2.16. The molecule has 1 aromatic carbocycles. The summed E-state index contributed by atoms with van der Waals surface area (Å²) in [4.78, 5) is 23.9. The third-order valence-electron chi connectivity index (χ3n) is 3.26. The van der Waals surface area contributed by atoms with Gasteiger partial charge in [-0.05, 0) is 32.0 Å². The number of aryl methyl sites for hydroxylation is 2. The van der Waals surface area contributed by atoms with Crippen molar-refractivity contribution in [3.05, 3.63) is 45.2 Å². The standard InChI is InChI=1S/C15H15Cl2N3O3/c1-8-14(9(2)20(3)19-8)18-13(21)7-23-15(22)11-6-10(16)4-5-12(11)17/h4-6H,7H2,1-3H3,(H,18,21). The van der Waals surface area contributed by atoms with Gasteiger partial charge in [-0.25, -0.2) is 4.79 Å². The molecule has 0 fully saturated rings. The van der Waals surface area contributed by atoms with Crippen LogP contribution in [0.25, 0.3) is 0 Å². The summed E-state index contributed by atoms with van der Waals surface area (Å²) < 4.78 is 6.62. The van der Waals surface area contributed by atoms with E-state index in [0.717, 1.165) is 5.69 Å². The van der Waals surface area contributed by atoms with Crippen molar-refractivity contribution in [2.24, 2.45) is 7.05 Å². The molecule has 0 unspecified atom stereocenters. The molecule has 1 aromatic heterocycles. The first-order valence-electron chi connectivity index (χ1n) is 6.72. The van der Waals surface area contributed by atoms with Crippen LogP contribution < -0.4 is 5.32 Å². The number of nitrogens with one attached hydrogen (secondary N) is 1. The normalized spacial score (nSPS) is 10.5. The van der Waals surface area contributed by atoms with Crippen molar-refractivity contribution in [3.8, 4) is 0 Å². The largest absolute Gasteiger partial charge is 0.452 e. The second kappa shape index (κ2) is 7.02. The van der Waals surface area contributed by atoms with E-state index >= 15 is 0 Å². The molecule has 0 spiro atoms. The van der Waals surface area contributed by atoms with Gasteiger partial charge in [0.1, 0.15) is 0 Å². The predicted molar refractivity (Wildman–Crippen MR) is 88.1 cm³/mol. The number of hydrogen-bond donors (Lipinski definition) is 1. The van der Waals surface area contributed by atoms with Crippen LogP contribution in [0.1, 0.15) is 21.7 Å². The number of carbonyl (C=O) groups excluding carboxylic acids is 2. The molecule has 0 aliphatic rings. The van der Waals surface area contributed by atoms with Crippen molar-refractivity contribution in [2.75, 3.05) is 11.9 Å². The Morgan fingerprint density at radius 2 is 2.00 bits per heavy atom. The summed E-state index contributed by atoms with van der Waals surface area (Å²) in [6.07, 6.45) is 0. The molecule has 0 aliphatic carbocycles. The van der Waals surface area contributed by atoms with Gasteiger partial charge in [0.05, 0.1) is 27.7 Å². The van der Waals surface area contributed by atoms with Crippen molar-refractivity contribution < 1.29 is 14.3 Å². The Morgan fingerprint density at radius 1 is 1.30 bits per heavy atom. The zero-order valence-corrected chi connectivity index (χ0v) is 14.3. The number of benzene rings is 1. The molecular formula is C15H15Cl2N3O3. The van der Waals surface area contributed by atoms with Gasteiger partial charge in [-0.3, -0.25) is 9.48 Å². The van der Waals surface area contributed by atoms with E-state index in [9.17, 15) is 9.59 Å². The molecule has 6 nitrogen and oxygen atoms in total. The summed E-state index contributed by atoms with van der Waals surface area (Å²) in [7, 11) is 1.78. The fourth-order valence-electron chi connectivity index (χ4n) is 1.99. The van der Waals surface area contributed by atoms with Gasteiger partial charge in [-0.1, -0.05) is 23.2 Å². The van der Waals surface area contributed by atoms with E-state index in [0.29, 0.717) is 16.4 Å². The Hall–Kier alpha value is -2.05. The Kier molecular flexibility index (Phi) is 5.28. The zero-order valence-electron chi connectivity index (χ0n) is 12.8. The van der Waals surface area contributed by atoms with Gasteiger partial charge in [0, 0.05) is 12.1 Å². The SMILES string of the molecule is Cc1nn(C)c(C)c1NC(=O)COC(=O)c1cc(Cl)ccc1Cl. The molecule has 0 saturated carbocycles. The summed E-state index contributed by atoms with van der Waals surface area (Å²) >= 11 is 11.7. The Balaban J connectivity index is 1.99. The van der Waals surface area contributed by atoms with Crippen molar-refractivity contribution in [2.45, 2.75) is 13.8 Å². The molecule has 0 saturated heterocycles. The van der Waals surface area contributed by atoms with E-state index in [4.69, 9.17) is 27.9 Å².